The van der Waals surface area contributed by atoms with Crippen LogP contribution in [0.2, 0.25) is 0 Å². The summed E-state index contributed by atoms with van der Waals surface area (Å²) in [5.74, 6) is 4.27. The van der Waals surface area contributed by atoms with Gasteiger partial charge in [-0.05, 0) is 25.0 Å². The van der Waals surface area contributed by atoms with Gasteiger partial charge in [0.25, 0.3) is 0 Å². The Hall–Kier alpha value is -0.550. The largest absolute Gasteiger partial charge is 0.339 e. The van der Waals surface area contributed by atoms with Crippen molar-refractivity contribution in [2.75, 3.05) is 5.75 Å². The van der Waals surface area contributed by atoms with E-state index in [1.54, 1.807) is 0 Å². The molecular formula is C12H23N3OS. The molecule has 4 nitrogen and oxygen atoms in total. The molecule has 0 amide bonds. The zero-order chi connectivity index (χ0) is 12.8. The highest BCUT2D eigenvalue weighted by Crippen LogP contribution is 2.21. The summed E-state index contributed by atoms with van der Waals surface area (Å²) in [7, 11) is 0. The Bertz CT molecular complexity index is 325. The Labute approximate surface area is 108 Å². The van der Waals surface area contributed by atoms with Crippen LogP contribution in [0.3, 0.4) is 0 Å². The molecule has 17 heavy (non-hydrogen) atoms. The second kappa shape index (κ2) is 7.01. The van der Waals surface area contributed by atoms with Crippen molar-refractivity contribution in [3.63, 3.8) is 0 Å². The third-order valence-electron chi connectivity index (χ3n) is 2.56. The summed E-state index contributed by atoms with van der Waals surface area (Å²) in [5, 5.41) is 4.00. The maximum Gasteiger partial charge on any atom is 0.231 e. The molecule has 0 radical (unpaired) electrons. The fourth-order valence-electron chi connectivity index (χ4n) is 1.63. The Morgan fingerprint density at radius 1 is 1.35 bits per heavy atom. The van der Waals surface area contributed by atoms with Gasteiger partial charge in [0, 0.05) is 6.04 Å². The molecule has 1 rings (SSSR count). The van der Waals surface area contributed by atoms with Crippen molar-refractivity contribution in [1.82, 2.24) is 10.1 Å². The minimum Gasteiger partial charge on any atom is -0.339 e. The van der Waals surface area contributed by atoms with Gasteiger partial charge in [0.2, 0.25) is 5.89 Å². The van der Waals surface area contributed by atoms with Gasteiger partial charge in [0.15, 0.2) is 5.82 Å². The summed E-state index contributed by atoms with van der Waals surface area (Å²) in [4.78, 5) is 4.42. The number of hydrogen-bond donors (Lipinski definition) is 1. The lowest BCUT2D eigenvalue weighted by atomic mass is 9.99. The molecule has 2 N–H and O–H groups in total. The summed E-state index contributed by atoms with van der Waals surface area (Å²) >= 11 is 1.84. The van der Waals surface area contributed by atoms with E-state index in [-0.39, 0.29) is 12.0 Å². The van der Waals surface area contributed by atoms with Gasteiger partial charge in [-0.3, -0.25) is 0 Å². The van der Waals surface area contributed by atoms with E-state index < -0.39 is 0 Å². The molecule has 98 valence electrons. The number of nitrogens with two attached hydrogens (primary N) is 1. The van der Waals surface area contributed by atoms with E-state index in [1.807, 2.05) is 18.7 Å². The normalized spacial score (nSPS) is 15.2. The van der Waals surface area contributed by atoms with Crippen LogP contribution >= 0.6 is 11.8 Å². The van der Waals surface area contributed by atoms with Crippen LogP contribution in [-0.4, -0.2) is 21.9 Å². The number of rotatable bonds is 7. The zero-order valence-electron chi connectivity index (χ0n) is 11.1. The number of aromatic nitrogens is 2. The fourth-order valence-corrected chi connectivity index (χ4v) is 2.52. The lowest BCUT2D eigenvalue weighted by molar-refractivity contribution is 0.331. The molecule has 0 aliphatic carbocycles. The van der Waals surface area contributed by atoms with Gasteiger partial charge < -0.3 is 10.3 Å². The molecule has 0 aliphatic rings. The van der Waals surface area contributed by atoms with E-state index in [0.29, 0.717) is 11.8 Å². The molecule has 2 atom stereocenters. The molecule has 0 saturated heterocycles. The van der Waals surface area contributed by atoms with Crippen molar-refractivity contribution in [2.24, 2.45) is 11.7 Å². The Morgan fingerprint density at radius 2 is 2.06 bits per heavy atom. The van der Waals surface area contributed by atoms with Gasteiger partial charge in [0.05, 0.1) is 11.7 Å². The number of thioether (sulfide) groups is 1. The van der Waals surface area contributed by atoms with Crippen molar-refractivity contribution >= 4 is 11.8 Å². The van der Waals surface area contributed by atoms with Gasteiger partial charge in [0.1, 0.15) is 0 Å². The second-order valence-corrected chi connectivity index (χ2v) is 5.86. The number of hydrogen-bond acceptors (Lipinski definition) is 5. The van der Waals surface area contributed by atoms with Crippen molar-refractivity contribution < 1.29 is 4.52 Å². The molecule has 0 bridgehead atoms. The van der Waals surface area contributed by atoms with Gasteiger partial charge in [-0.2, -0.15) is 16.7 Å². The quantitative estimate of drug-likeness (QED) is 0.813. The minimum absolute atomic E-state index is 0.0524. The molecule has 1 heterocycles. The highest BCUT2D eigenvalue weighted by Gasteiger charge is 2.20. The van der Waals surface area contributed by atoms with Crippen LogP contribution in [0.25, 0.3) is 0 Å². The van der Waals surface area contributed by atoms with Gasteiger partial charge in [-0.25, -0.2) is 0 Å². The molecule has 0 fully saturated rings. The predicted octanol–water partition coefficient (Wildman–Crippen LogP) is 2.80. The molecule has 0 spiro atoms. The van der Waals surface area contributed by atoms with Crippen LogP contribution < -0.4 is 5.73 Å². The first-order chi connectivity index (χ1) is 8.04. The van der Waals surface area contributed by atoms with E-state index in [1.165, 1.54) is 0 Å². The molecule has 1 aromatic heterocycles. The van der Waals surface area contributed by atoms with Crippen LogP contribution in [-0.2, 0) is 5.75 Å². The highest BCUT2D eigenvalue weighted by atomic mass is 32.2. The van der Waals surface area contributed by atoms with Crippen molar-refractivity contribution in [1.29, 1.82) is 0 Å². The SMILES string of the molecule is CCC(c1nc(CSCC(C)C)no1)C(C)N. The fraction of sp³-hybridized carbons (Fsp3) is 0.833. The van der Waals surface area contributed by atoms with Gasteiger partial charge in [-0.15, -0.1) is 0 Å². The summed E-state index contributed by atoms with van der Waals surface area (Å²) < 4.78 is 5.28. The van der Waals surface area contributed by atoms with Crippen LogP contribution in [0.1, 0.15) is 51.7 Å². The predicted molar refractivity (Wildman–Crippen MR) is 72.0 cm³/mol. The highest BCUT2D eigenvalue weighted by molar-refractivity contribution is 7.98. The van der Waals surface area contributed by atoms with Gasteiger partial charge >= 0.3 is 0 Å². The summed E-state index contributed by atoms with van der Waals surface area (Å²) in [5.41, 5.74) is 5.90. The monoisotopic (exact) mass is 257 g/mol. The smallest absolute Gasteiger partial charge is 0.231 e. The molecule has 0 aromatic carbocycles. The average Bonchev–Trinajstić information content (AvgIpc) is 2.66. The van der Waals surface area contributed by atoms with E-state index in [4.69, 9.17) is 10.3 Å². The Balaban J connectivity index is 2.52. The molecule has 1 aromatic rings. The standard InChI is InChI=1S/C12H23N3OS/c1-5-10(9(4)13)12-14-11(15-16-12)7-17-6-8(2)3/h8-10H,5-7,13H2,1-4H3. The lowest BCUT2D eigenvalue weighted by Crippen LogP contribution is -2.24. The van der Waals surface area contributed by atoms with E-state index in [2.05, 4.69) is 30.9 Å². The van der Waals surface area contributed by atoms with E-state index >= 15 is 0 Å². The van der Waals surface area contributed by atoms with Crippen LogP contribution in [0, 0.1) is 5.92 Å². The average molecular weight is 257 g/mol. The first-order valence-electron chi connectivity index (χ1n) is 6.20. The Morgan fingerprint density at radius 3 is 2.59 bits per heavy atom. The second-order valence-electron chi connectivity index (χ2n) is 4.83. The van der Waals surface area contributed by atoms with E-state index in [9.17, 15) is 0 Å². The van der Waals surface area contributed by atoms with Gasteiger partial charge in [-0.1, -0.05) is 25.9 Å². The lowest BCUT2D eigenvalue weighted by Gasteiger charge is -2.13. The third kappa shape index (κ3) is 4.68. The van der Waals surface area contributed by atoms with Crippen molar-refractivity contribution in [2.45, 2.75) is 51.8 Å². The molecular weight excluding hydrogens is 234 g/mol. The maximum atomic E-state index is 5.90. The zero-order valence-corrected chi connectivity index (χ0v) is 12.0. The van der Waals surface area contributed by atoms with Crippen LogP contribution in [0.5, 0.6) is 0 Å². The van der Waals surface area contributed by atoms with Crippen LogP contribution in [0.4, 0.5) is 0 Å². The topological polar surface area (TPSA) is 64.9 Å². The van der Waals surface area contributed by atoms with Crippen LogP contribution in [0.15, 0.2) is 4.52 Å². The molecule has 0 aliphatic heterocycles. The van der Waals surface area contributed by atoms with Crippen molar-refractivity contribution in [3.8, 4) is 0 Å². The first kappa shape index (κ1) is 14.5. The summed E-state index contributed by atoms with van der Waals surface area (Å²) in [6, 6.07) is 0.0524. The van der Waals surface area contributed by atoms with Crippen molar-refractivity contribution in [3.05, 3.63) is 11.7 Å². The summed E-state index contributed by atoms with van der Waals surface area (Å²) in [6.07, 6.45) is 0.929. The number of nitrogens with zero attached hydrogens (tertiary/aromatic N) is 2. The molecule has 5 heteroatoms. The third-order valence-corrected chi connectivity index (χ3v) is 3.92. The van der Waals surface area contributed by atoms with E-state index in [0.717, 1.165) is 23.8 Å². The first-order valence-corrected chi connectivity index (χ1v) is 7.35. The minimum atomic E-state index is 0.0524. The molecule has 0 saturated carbocycles. The summed E-state index contributed by atoms with van der Waals surface area (Å²) in [6.45, 7) is 8.48. The molecule has 2 unspecified atom stereocenters. The maximum absolute atomic E-state index is 5.90. The Kier molecular flexibility index (Phi) is 5.98.